The van der Waals surface area contributed by atoms with Gasteiger partial charge in [0.2, 0.25) is 0 Å². The zero-order valence-corrected chi connectivity index (χ0v) is 13.6. The van der Waals surface area contributed by atoms with Crippen molar-refractivity contribution in [1.82, 2.24) is 15.5 Å². The molecule has 3 rings (SSSR count). The molecular weight excluding hydrogens is 341 g/mol. The lowest BCUT2D eigenvalue weighted by atomic mass is 9.96. The van der Waals surface area contributed by atoms with Gasteiger partial charge in [-0.25, -0.2) is 4.79 Å². The molecule has 6 nitrogen and oxygen atoms in total. The Labute approximate surface area is 143 Å². The Bertz CT molecular complexity index is 705. The van der Waals surface area contributed by atoms with Crippen molar-refractivity contribution in [1.29, 1.82) is 0 Å². The Balaban J connectivity index is 1.94. The molecule has 0 saturated carbocycles. The van der Waals surface area contributed by atoms with Crippen LogP contribution in [0.5, 0.6) is 0 Å². The molecule has 23 heavy (non-hydrogen) atoms. The molecule has 1 aromatic carbocycles. The molecule has 0 aromatic heterocycles. The lowest BCUT2D eigenvalue weighted by Crippen LogP contribution is -2.44. The molecule has 2 heterocycles. The summed E-state index contributed by atoms with van der Waals surface area (Å²) in [6, 6.07) is 4.08. The van der Waals surface area contributed by atoms with Gasteiger partial charge in [0.1, 0.15) is 0 Å². The van der Waals surface area contributed by atoms with Crippen molar-refractivity contribution >= 4 is 35.1 Å². The van der Waals surface area contributed by atoms with Gasteiger partial charge in [0.15, 0.2) is 0 Å². The Morgan fingerprint density at radius 3 is 2.74 bits per heavy atom. The fraction of sp³-hybridized carbons (Fsp3) is 0.333. The molecule has 3 amide bonds. The molecular formula is C15H15Cl2N3O3. The predicted octanol–water partition coefficient (Wildman–Crippen LogP) is 1.83. The SMILES string of the molecule is O=C1NC2=C(C(=O)N(CCCO)C2)C(c2ccc(Cl)c(Cl)c2)N1. The molecule has 8 heteroatoms. The molecule has 1 unspecified atom stereocenters. The first-order valence-electron chi connectivity index (χ1n) is 7.17. The van der Waals surface area contributed by atoms with Gasteiger partial charge < -0.3 is 20.6 Å². The molecule has 0 radical (unpaired) electrons. The number of urea groups is 1. The van der Waals surface area contributed by atoms with Crippen molar-refractivity contribution < 1.29 is 14.7 Å². The van der Waals surface area contributed by atoms with Crippen molar-refractivity contribution in [3.63, 3.8) is 0 Å². The summed E-state index contributed by atoms with van der Waals surface area (Å²) < 4.78 is 0. The smallest absolute Gasteiger partial charge is 0.319 e. The van der Waals surface area contributed by atoms with Gasteiger partial charge in [0, 0.05) is 13.2 Å². The molecule has 3 N–H and O–H groups in total. The van der Waals surface area contributed by atoms with E-state index < -0.39 is 6.04 Å². The summed E-state index contributed by atoms with van der Waals surface area (Å²) in [6.45, 7) is 0.779. The normalized spacial score (nSPS) is 20.5. The second kappa shape index (κ2) is 6.39. The highest BCUT2D eigenvalue weighted by Gasteiger charge is 2.40. The largest absolute Gasteiger partial charge is 0.396 e. The summed E-state index contributed by atoms with van der Waals surface area (Å²) in [5.41, 5.74) is 1.78. The maximum absolute atomic E-state index is 12.6. The van der Waals surface area contributed by atoms with Crippen molar-refractivity contribution in [3.8, 4) is 0 Å². The first-order chi connectivity index (χ1) is 11.0. The van der Waals surface area contributed by atoms with Crippen LogP contribution in [0, 0.1) is 0 Å². The van der Waals surface area contributed by atoms with E-state index in [0.717, 1.165) is 0 Å². The lowest BCUT2D eigenvalue weighted by molar-refractivity contribution is -0.125. The van der Waals surface area contributed by atoms with Gasteiger partial charge in [-0.3, -0.25) is 4.79 Å². The van der Waals surface area contributed by atoms with E-state index in [9.17, 15) is 9.59 Å². The molecule has 0 aliphatic carbocycles. The average Bonchev–Trinajstić information content (AvgIpc) is 2.83. The minimum Gasteiger partial charge on any atom is -0.396 e. The van der Waals surface area contributed by atoms with E-state index in [1.165, 1.54) is 0 Å². The third-order valence-corrected chi connectivity index (χ3v) is 4.62. The number of nitrogens with zero attached hydrogens (tertiary/aromatic N) is 1. The molecule has 0 fully saturated rings. The van der Waals surface area contributed by atoms with Crippen LogP contribution in [0.25, 0.3) is 0 Å². The number of aliphatic hydroxyl groups is 1. The van der Waals surface area contributed by atoms with Gasteiger partial charge in [0.05, 0.1) is 33.9 Å². The number of rotatable bonds is 4. The number of hydrogen-bond donors (Lipinski definition) is 3. The van der Waals surface area contributed by atoms with E-state index >= 15 is 0 Å². The fourth-order valence-electron chi connectivity index (χ4n) is 2.81. The van der Waals surface area contributed by atoms with Crippen LogP contribution in [0.3, 0.4) is 0 Å². The van der Waals surface area contributed by atoms with Crippen molar-refractivity contribution in [2.45, 2.75) is 12.5 Å². The minimum absolute atomic E-state index is 0.00920. The number of aliphatic hydroxyl groups excluding tert-OH is 1. The topological polar surface area (TPSA) is 81.7 Å². The second-order valence-electron chi connectivity index (χ2n) is 5.40. The highest BCUT2D eigenvalue weighted by Crippen LogP contribution is 2.34. The van der Waals surface area contributed by atoms with Crippen molar-refractivity contribution in [2.24, 2.45) is 0 Å². The van der Waals surface area contributed by atoms with E-state index in [-0.39, 0.29) is 18.5 Å². The number of amides is 3. The van der Waals surface area contributed by atoms with Gasteiger partial charge >= 0.3 is 6.03 Å². The Morgan fingerprint density at radius 2 is 2.04 bits per heavy atom. The lowest BCUT2D eigenvalue weighted by Gasteiger charge is -2.25. The van der Waals surface area contributed by atoms with Crippen molar-refractivity contribution in [2.75, 3.05) is 19.7 Å². The van der Waals surface area contributed by atoms with Gasteiger partial charge in [0.25, 0.3) is 5.91 Å². The van der Waals surface area contributed by atoms with E-state index in [1.54, 1.807) is 23.1 Å². The molecule has 0 bridgehead atoms. The average molecular weight is 356 g/mol. The van der Waals surface area contributed by atoms with Gasteiger partial charge in [-0.15, -0.1) is 0 Å². The number of hydrogen-bond acceptors (Lipinski definition) is 3. The highest BCUT2D eigenvalue weighted by molar-refractivity contribution is 6.42. The molecule has 0 spiro atoms. The number of carbonyl (C=O) groups excluding carboxylic acids is 2. The van der Waals surface area contributed by atoms with Gasteiger partial charge in [-0.05, 0) is 24.1 Å². The summed E-state index contributed by atoms with van der Waals surface area (Å²) in [7, 11) is 0. The van der Waals surface area contributed by atoms with Crippen LogP contribution in [-0.2, 0) is 4.79 Å². The van der Waals surface area contributed by atoms with Crippen LogP contribution in [0.1, 0.15) is 18.0 Å². The first kappa shape index (κ1) is 16.1. The maximum Gasteiger partial charge on any atom is 0.319 e. The molecule has 1 atom stereocenters. The number of benzene rings is 1. The molecule has 2 aliphatic heterocycles. The van der Waals surface area contributed by atoms with Crippen LogP contribution in [-0.4, -0.2) is 41.6 Å². The standard InChI is InChI=1S/C15H15Cl2N3O3/c16-9-3-2-8(6-10(9)17)13-12-11(18-15(23)19-13)7-20(14(12)22)4-1-5-21/h2-3,6,13,21H,1,4-5,7H2,(H2,18,19,23). The summed E-state index contributed by atoms with van der Waals surface area (Å²) in [4.78, 5) is 26.1. The maximum atomic E-state index is 12.6. The van der Waals surface area contributed by atoms with Crippen LogP contribution in [0.2, 0.25) is 10.0 Å². The Hall–Kier alpha value is -1.76. The zero-order chi connectivity index (χ0) is 16.6. The van der Waals surface area contributed by atoms with E-state index in [2.05, 4.69) is 10.6 Å². The fourth-order valence-corrected chi connectivity index (χ4v) is 3.12. The molecule has 1 aromatic rings. The third kappa shape index (κ3) is 3.02. The third-order valence-electron chi connectivity index (χ3n) is 3.88. The highest BCUT2D eigenvalue weighted by atomic mass is 35.5. The quantitative estimate of drug-likeness (QED) is 0.770. The number of nitrogens with one attached hydrogen (secondary N) is 2. The summed E-state index contributed by atoms with van der Waals surface area (Å²) in [5, 5.41) is 15.1. The molecule has 2 aliphatic rings. The van der Waals surface area contributed by atoms with Gasteiger partial charge in [-0.2, -0.15) is 0 Å². The monoisotopic (exact) mass is 355 g/mol. The van der Waals surface area contributed by atoms with Crippen LogP contribution >= 0.6 is 23.2 Å². The Kier molecular flexibility index (Phi) is 4.48. The second-order valence-corrected chi connectivity index (χ2v) is 6.22. The summed E-state index contributed by atoms with van der Waals surface area (Å²) in [6.07, 6.45) is 0.491. The van der Waals surface area contributed by atoms with E-state index in [1.807, 2.05) is 0 Å². The van der Waals surface area contributed by atoms with Crippen molar-refractivity contribution in [3.05, 3.63) is 45.1 Å². The van der Waals surface area contributed by atoms with E-state index in [4.69, 9.17) is 28.3 Å². The summed E-state index contributed by atoms with van der Waals surface area (Å²) in [5.74, 6) is -0.156. The Morgan fingerprint density at radius 1 is 1.26 bits per heavy atom. The summed E-state index contributed by atoms with van der Waals surface area (Å²) >= 11 is 12.0. The van der Waals surface area contributed by atoms with E-state index in [0.29, 0.717) is 46.4 Å². The number of carbonyl (C=O) groups is 2. The number of halogens is 2. The first-order valence-corrected chi connectivity index (χ1v) is 7.92. The minimum atomic E-state index is -0.569. The van der Waals surface area contributed by atoms with Crippen LogP contribution in [0.4, 0.5) is 4.79 Å². The van der Waals surface area contributed by atoms with Gasteiger partial charge in [-0.1, -0.05) is 29.3 Å². The zero-order valence-electron chi connectivity index (χ0n) is 12.1. The predicted molar refractivity (Wildman–Crippen MR) is 86.2 cm³/mol. The molecule has 0 saturated heterocycles. The molecule has 122 valence electrons. The van der Waals surface area contributed by atoms with Crippen LogP contribution in [0.15, 0.2) is 29.5 Å². The van der Waals surface area contributed by atoms with Crippen LogP contribution < -0.4 is 10.6 Å².